The monoisotopic (exact) mass is 349 g/mol. The third kappa shape index (κ3) is 3.23. The molecule has 120 valence electrons. The Hall–Kier alpha value is -1.92. The van der Waals surface area contributed by atoms with Gasteiger partial charge in [0, 0.05) is 12.6 Å². The molecule has 3 rings (SSSR count). The van der Waals surface area contributed by atoms with E-state index in [1.54, 1.807) is 11.7 Å². The number of thiazole rings is 1. The number of aromatic nitrogens is 3. The fraction of sp³-hybridized carbons (Fsp3) is 0.312. The van der Waals surface area contributed by atoms with E-state index in [1.807, 2.05) is 38.1 Å². The van der Waals surface area contributed by atoms with E-state index in [2.05, 4.69) is 10.1 Å². The van der Waals surface area contributed by atoms with Gasteiger partial charge in [-0.05, 0) is 26.0 Å². The summed E-state index contributed by atoms with van der Waals surface area (Å²) in [7, 11) is 1.74. The van der Waals surface area contributed by atoms with E-state index < -0.39 is 6.10 Å². The summed E-state index contributed by atoms with van der Waals surface area (Å²) in [5.41, 5.74) is 2.36. The molecule has 7 heteroatoms. The highest BCUT2D eigenvalue weighted by Crippen LogP contribution is 2.28. The molecule has 0 saturated carbocycles. The van der Waals surface area contributed by atoms with Crippen molar-refractivity contribution in [2.45, 2.75) is 26.4 Å². The van der Waals surface area contributed by atoms with Gasteiger partial charge in [0.25, 0.3) is 0 Å². The Morgan fingerprint density at radius 1 is 1.43 bits per heavy atom. The molecule has 0 bridgehead atoms. The summed E-state index contributed by atoms with van der Waals surface area (Å²) in [4.78, 5) is 16.7. The molecule has 2 heterocycles. The van der Waals surface area contributed by atoms with Gasteiger partial charge < -0.3 is 4.74 Å². The van der Waals surface area contributed by atoms with Crippen LogP contribution < -0.4 is 0 Å². The van der Waals surface area contributed by atoms with E-state index in [0.717, 1.165) is 20.9 Å². The van der Waals surface area contributed by atoms with Crippen LogP contribution in [0.15, 0.2) is 24.3 Å². The first kappa shape index (κ1) is 16.0. The molecule has 0 aliphatic heterocycles. The van der Waals surface area contributed by atoms with Crippen molar-refractivity contribution < 1.29 is 9.53 Å². The molecule has 5 nitrogen and oxygen atoms in total. The van der Waals surface area contributed by atoms with E-state index in [0.29, 0.717) is 10.7 Å². The third-order valence-electron chi connectivity index (χ3n) is 3.56. The van der Waals surface area contributed by atoms with Crippen molar-refractivity contribution in [1.29, 1.82) is 0 Å². The fourth-order valence-electron chi connectivity index (χ4n) is 2.37. The maximum absolute atomic E-state index is 12.2. The average molecular weight is 350 g/mol. The lowest BCUT2D eigenvalue weighted by molar-refractivity contribution is -0.147. The highest BCUT2D eigenvalue weighted by molar-refractivity contribution is 7.18. The van der Waals surface area contributed by atoms with Crippen LogP contribution >= 0.6 is 22.9 Å². The Morgan fingerprint density at radius 2 is 2.17 bits per heavy atom. The second-order valence-corrected chi connectivity index (χ2v) is 6.73. The van der Waals surface area contributed by atoms with Crippen LogP contribution in [-0.2, 0) is 23.0 Å². The maximum atomic E-state index is 12.2. The van der Waals surface area contributed by atoms with Crippen LogP contribution in [-0.4, -0.2) is 20.7 Å². The zero-order valence-electron chi connectivity index (χ0n) is 13.0. The highest BCUT2D eigenvalue weighted by atomic mass is 35.5. The van der Waals surface area contributed by atoms with Crippen molar-refractivity contribution in [3.63, 3.8) is 0 Å². The van der Waals surface area contributed by atoms with Crippen molar-refractivity contribution in [1.82, 2.24) is 14.8 Å². The van der Waals surface area contributed by atoms with Crippen LogP contribution in [0.2, 0.25) is 5.15 Å². The molecule has 0 amide bonds. The summed E-state index contributed by atoms with van der Waals surface area (Å²) in [6.45, 7) is 3.65. The van der Waals surface area contributed by atoms with Crippen molar-refractivity contribution in [3.05, 3.63) is 45.7 Å². The first-order valence-electron chi connectivity index (χ1n) is 7.18. The lowest BCUT2D eigenvalue weighted by atomic mass is 10.2. The Morgan fingerprint density at radius 3 is 2.83 bits per heavy atom. The van der Waals surface area contributed by atoms with E-state index in [-0.39, 0.29) is 12.4 Å². The minimum absolute atomic E-state index is 0.105. The van der Waals surface area contributed by atoms with Gasteiger partial charge in [0.15, 0.2) is 6.10 Å². The van der Waals surface area contributed by atoms with Gasteiger partial charge in [-0.1, -0.05) is 23.7 Å². The number of hydrogen-bond donors (Lipinski definition) is 0. The standard InChI is InChI=1S/C16H16ClN3O2S/c1-9-11(15(17)20(3)19-9)8-14(21)22-10(2)16-18-12-6-4-5-7-13(12)23-16/h4-7,10H,8H2,1-3H3. The van der Waals surface area contributed by atoms with Crippen molar-refractivity contribution in [2.24, 2.45) is 7.05 Å². The molecule has 1 aromatic carbocycles. The topological polar surface area (TPSA) is 57.0 Å². The molecular weight excluding hydrogens is 334 g/mol. The predicted molar refractivity (Wildman–Crippen MR) is 90.8 cm³/mol. The predicted octanol–water partition coefficient (Wildman–Crippen LogP) is 3.84. The summed E-state index contributed by atoms with van der Waals surface area (Å²) in [5, 5.41) is 5.45. The van der Waals surface area contributed by atoms with Gasteiger partial charge >= 0.3 is 5.97 Å². The zero-order valence-corrected chi connectivity index (χ0v) is 14.6. The van der Waals surface area contributed by atoms with E-state index in [4.69, 9.17) is 16.3 Å². The molecule has 0 spiro atoms. The van der Waals surface area contributed by atoms with Gasteiger partial charge in [-0.25, -0.2) is 4.98 Å². The fourth-order valence-corrected chi connectivity index (χ4v) is 3.56. The summed E-state index contributed by atoms with van der Waals surface area (Å²) >= 11 is 7.68. The molecule has 0 N–H and O–H groups in total. The molecule has 23 heavy (non-hydrogen) atoms. The van der Waals surface area contributed by atoms with Gasteiger partial charge in [0.05, 0.1) is 22.3 Å². The van der Waals surface area contributed by atoms with Crippen LogP contribution in [0.3, 0.4) is 0 Å². The minimum Gasteiger partial charge on any atom is -0.455 e. The second kappa shape index (κ2) is 6.29. The van der Waals surface area contributed by atoms with Crippen LogP contribution in [0.1, 0.15) is 29.3 Å². The number of fused-ring (bicyclic) bond motifs is 1. The van der Waals surface area contributed by atoms with Crippen LogP contribution in [0, 0.1) is 6.92 Å². The molecule has 0 aliphatic rings. The molecule has 1 atom stereocenters. The molecule has 2 aromatic heterocycles. The zero-order chi connectivity index (χ0) is 16.6. The number of nitrogens with zero attached hydrogens (tertiary/aromatic N) is 3. The third-order valence-corrected chi connectivity index (χ3v) is 5.23. The lowest BCUT2D eigenvalue weighted by Crippen LogP contribution is -2.12. The number of benzene rings is 1. The summed E-state index contributed by atoms with van der Waals surface area (Å²) in [6.07, 6.45) is -0.288. The van der Waals surface area contributed by atoms with E-state index >= 15 is 0 Å². The van der Waals surface area contributed by atoms with Crippen molar-refractivity contribution in [2.75, 3.05) is 0 Å². The van der Waals surface area contributed by atoms with Gasteiger partial charge in [0.2, 0.25) is 0 Å². The Kier molecular flexibility index (Phi) is 4.37. The summed E-state index contributed by atoms with van der Waals surface area (Å²) in [6, 6.07) is 7.86. The highest BCUT2D eigenvalue weighted by Gasteiger charge is 2.20. The number of carbonyl (C=O) groups excluding carboxylic acids is 1. The van der Waals surface area contributed by atoms with Crippen LogP contribution in [0.25, 0.3) is 10.2 Å². The smallest absolute Gasteiger partial charge is 0.311 e. The quantitative estimate of drug-likeness (QED) is 0.671. The molecule has 0 fully saturated rings. The van der Waals surface area contributed by atoms with Crippen molar-refractivity contribution in [3.8, 4) is 0 Å². The number of carbonyl (C=O) groups is 1. The largest absolute Gasteiger partial charge is 0.455 e. The molecular formula is C16H16ClN3O2S. The molecule has 3 aromatic rings. The minimum atomic E-state index is -0.393. The van der Waals surface area contributed by atoms with Crippen LogP contribution in [0.4, 0.5) is 0 Å². The number of halogens is 1. The van der Waals surface area contributed by atoms with E-state index in [1.165, 1.54) is 11.3 Å². The number of hydrogen-bond acceptors (Lipinski definition) is 5. The number of para-hydroxylation sites is 1. The summed E-state index contributed by atoms with van der Waals surface area (Å²) < 4.78 is 8.13. The van der Waals surface area contributed by atoms with Gasteiger partial charge in [0.1, 0.15) is 10.2 Å². The Bertz CT molecular complexity index is 838. The number of esters is 1. The molecule has 0 saturated heterocycles. The maximum Gasteiger partial charge on any atom is 0.311 e. The summed E-state index contributed by atoms with van der Waals surface area (Å²) in [5.74, 6) is -0.338. The van der Waals surface area contributed by atoms with Gasteiger partial charge in [-0.2, -0.15) is 5.10 Å². The normalized spacial score (nSPS) is 12.5. The first-order valence-corrected chi connectivity index (χ1v) is 8.38. The lowest BCUT2D eigenvalue weighted by Gasteiger charge is -2.10. The van der Waals surface area contributed by atoms with Gasteiger partial charge in [-0.15, -0.1) is 11.3 Å². The SMILES string of the molecule is Cc1nn(C)c(Cl)c1CC(=O)OC(C)c1nc2ccccc2s1. The molecule has 0 aliphatic carbocycles. The second-order valence-electron chi connectivity index (χ2n) is 5.31. The van der Waals surface area contributed by atoms with Gasteiger partial charge in [-0.3, -0.25) is 9.48 Å². The average Bonchev–Trinajstić information content (AvgIpc) is 3.04. The van der Waals surface area contributed by atoms with Crippen LogP contribution in [0.5, 0.6) is 0 Å². The molecule has 0 radical (unpaired) electrons. The van der Waals surface area contributed by atoms with E-state index in [9.17, 15) is 4.79 Å². The number of rotatable bonds is 4. The number of ether oxygens (including phenoxy) is 1. The Labute approximate surface area is 142 Å². The number of aryl methyl sites for hydroxylation is 2. The Balaban J connectivity index is 1.72. The molecule has 1 unspecified atom stereocenters. The first-order chi connectivity index (χ1) is 11.0. The van der Waals surface area contributed by atoms with Crippen molar-refractivity contribution >= 4 is 39.1 Å².